The van der Waals surface area contributed by atoms with Crippen LogP contribution < -0.4 is 11.5 Å². The van der Waals surface area contributed by atoms with Gasteiger partial charge in [0.25, 0.3) is 0 Å². The Morgan fingerprint density at radius 3 is 2.36 bits per heavy atom. The van der Waals surface area contributed by atoms with E-state index in [9.17, 15) is 4.79 Å². The van der Waals surface area contributed by atoms with Crippen molar-refractivity contribution in [3.63, 3.8) is 0 Å². The average Bonchev–Trinajstić information content (AvgIpc) is 2.01. The van der Waals surface area contributed by atoms with Crippen molar-refractivity contribution in [2.45, 2.75) is 24.3 Å². The molecule has 1 atom stereocenters. The van der Waals surface area contributed by atoms with Crippen molar-refractivity contribution in [1.82, 2.24) is 9.97 Å². The Hall–Kier alpha value is -1.30. The quantitative estimate of drug-likeness (QED) is 0.566. The zero-order chi connectivity index (χ0) is 10.7. The van der Waals surface area contributed by atoms with E-state index in [-0.39, 0.29) is 11.0 Å². The Balaban J connectivity index is 2.81. The highest BCUT2D eigenvalue weighted by Crippen LogP contribution is 2.21. The normalized spacial score (nSPS) is 12.4. The molecule has 1 rings (SSSR count). The molecule has 4 N–H and O–H groups in total. The first-order valence-corrected chi connectivity index (χ1v) is 4.94. The molecule has 0 aliphatic rings. The Bertz CT molecular complexity index is 335. The van der Waals surface area contributed by atoms with Gasteiger partial charge >= 0.3 is 0 Å². The van der Waals surface area contributed by atoms with E-state index in [1.165, 1.54) is 24.8 Å². The minimum atomic E-state index is -0.184. The second-order valence-electron chi connectivity index (χ2n) is 2.87. The van der Waals surface area contributed by atoms with Crippen molar-refractivity contribution in [2.75, 3.05) is 11.5 Å². The van der Waals surface area contributed by atoms with Crippen LogP contribution in [0, 0.1) is 0 Å². The predicted molar refractivity (Wildman–Crippen MR) is 56.9 cm³/mol. The fraction of sp³-hybridized carbons (Fsp3) is 0.375. The molecule has 0 bridgehead atoms. The van der Waals surface area contributed by atoms with Crippen molar-refractivity contribution in [2.24, 2.45) is 0 Å². The molecular weight excluding hydrogens is 200 g/mol. The van der Waals surface area contributed by atoms with E-state index in [4.69, 9.17) is 11.5 Å². The molecular formula is C8H12N4OS. The molecule has 14 heavy (non-hydrogen) atoms. The molecule has 6 heteroatoms. The number of anilines is 2. The average molecular weight is 212 g/mol. The Morgan fingerprint density at radius 2 is 1.93 bits per heavy atom. The number of nitrogens with zero attached hydrogens (tertiary/aromatic N) is 2. The smallest absolute Gasteiger partial charge is 0.192 e. The van der Waals surface area contributed by atoms with E-state index >= 15 is 0 Å². The van der Waals surface area contributed by atoms with E-state index in [0.29, 0.717) is 16.8 Å². The lowest BCUT2D eigenvalue weighted by Gasteiger charge is -2.06. The summed E-state index contributed by atoms with van der Waals surface area (Å²) in [5.74, 6) is 0.700. The fourth-order valence-corrected chi connectivity index (χ4v) is 1.55. The molecule has 0 aliphatic carbocycles. The summed E-state index contributed by atoms with van der Waals surface area (Å²) in [7, 11) is 0. The molecule has 1 aromatic rings. The van der Waals surface area contributed by atoms with Gasteiger partial charge in [0.2, 0.25) is 0 Å². The van der Waals surface area contributed by atoms with Crippen LogP contribution in [0.15, 0.2) is 11.2 Å². The molecule has 1 aromatic heterocycles. The lowest BCUT2D eigenvalue weighted by molar-refractivity contribution is -0.116. The van der Waals surface area contributed by atoms with Crippen LogP contribution in [0.1, 0.15) is 13.8 Å². The van der Waals surface area contributed by atoms with E-state index in [1.54, 1.807) is 6.92 Å². The maximum absolute atomic E-state index is 11.0. The summed E-state index contributed by atoms with van der Waals surface area (Å²) in [6.07, 6.45) is 0. The Kier molecular flexibility index (Phi) is 3.29. The van der Waals surface area contributed by atoms with Crippen LogP contribution in [0.2, 0.25) is 0 Å². The summed E-state index contributed by atoms with van der Waals surface area (Å²) in [6, 6.07) is 1.47. The number of hydrogen-bond donors (Lipinski definition) is 2. The van der Waals surface area contributed by atoms with Crippen LogP contribution in [-0.2, 0) is 4.79 Å². The van der Waals surface area contributed by atoms with Gasteiger partial charge in [-0.15, -0.1) is 0 Å². The Labute approximate surface area is 86.3 Å². The van der Waals surface area contributed by atoms with Crippen LogP contribution in [0.3, 0.4) is 0 Å². The van der Waals surface area contributed by atoms with Gasteiger partial charge in [-0.1, -0.05) is 11.8 Å². The maximum Gasteiger partial charge on any atom is 0.192 e. The second-order valence-corrected chi connectivity index (χ2v) is 4.18. The highest BCUT2D eigenvalue weighted by molar-refractivity contribution is 8.00. The van der Waals surface area contributed by atoms with Crippen molar-refractivity contribution >= 4 is 29.2 Å². The molecule has 1 unspecified atom stereocenters. The number of carbonyl (C=O) groups excluding carboxylic acids is 1. The SMILES string of the molecule is CC(=O)C(C)Sc1nc(N)cc(N)n1. The number of nitrogens with two attached hydrogens (primary N) is 2. The number of carbonyl (C=O) groups is 1. The van der Waals surface area contributed by atoms with Gasteiger partial charge in [-0.3, -0.25) is 4.79 Å². The molecule has 0 aromatic carbocycles. The molecule has 0 fully saturated rings. The van der Waals surface area contributed by atoms with Crippen LogP contribution in [0.4, 0.5) is 11.6 Å². The lowest BCUT2D eigenvalue weighted by Crippen LogP contribution is -2.09. The summed E-state index contributed by atoms with van der Waals surface area (Å²) in [6.45, 7) is 3.31. The van der Waals surface area contributed by atoms with E-state index < -0.39 is 0 Å². The third kappa shape index (κ3) is 2.88. The lowest BCUT2D eigenvalue weighted by atomic mass is 10.3. The minimum Gasteiger partial charge on any atom is -0.383 e. The first-order chi connectivity index (χ1) is 6.49. The van der Waals surface area contributed by atoms with Gasteiger partial charge in [-0.25, -0.2) is 9.97 Å². The van der Waals surface area contributed by atoms with Gasteiger partial charge in [0.05, 0.1) is 5.25 Å². The fourth-order valence-electron chi connectivity index (χ4n) is 0.756. The molecule has 0 amide bonds. The molecule has 5 nitrogen and oxygen atoms in total. The highest BCUT2D eigenvalue weighted by Gasteiger charge is 2.11. The molecule has 0 saturated carbocycles. The third-order valence-electron chi connectivity index (χ3n) is 1.60. The monoisotopic (exact) mass is 212 g/mol. The van der Waals surface area contributed by atoms with Gasteiger partial charge in [0, 0.05) is 6.07 Å². The summed E-state index contributed by atoms with van der Waals surface area (Å²) < 4.78 is 0. The van der Waals surface area contributed by atoms with Crippen molar-refractivity contribution in [3.05, 3.63) is 6.07 Å². The molecule has 0 saturated heterocycles. The van der Waals surface area contributed by atoms with E-state index in [1.807, 2.05) is 0 Å². The molecule has 0 aliphatic heterocycles. The predicted octanol–water partition coefficient (Wildman–Crippen LogP) is 0.711. The van der Waals surface area contributed by atoms with Crippen LogP contribution in [0.5, 0.6) is 0 Å². The standard InChI is InChI=1S/C8H12N4OS/c1-4(13)5(2)14-8-11-6(9)3-7(10)12-8/h3,5H,1-2H3,(H4,9,10,11,12). The van der Waals surface area contributed by atoms with Crippen molar-refractivity contribution in [3.8, 4) is 0 Å². The Morgan fingerprint density at radius 1 is 1.43 bits per heavy atom. The van der Waals surface area contributed by atoms with Gasteiger partial charge in [-0.05, 0) is 13.8 Å². The van der Waals surface area contributed by atoms with Gasteiger partial charge in [0.1, 0.15) is 17.4 Å². The zero-order valence-corrected chi connectivity index (χ0v) is 8.84. The molecule has 76 valence electrons. The van der Waals surface area contributed by atoms with Gasteiger partial charge in [-0.2, -0.15) is 0 Å². The summed E-state index contributed by atoms with van der Waals surface area (Å²) in [4.78, 5) is 18.9. The number of thioether (sulfide) groups is 1. The second kappa shape index (κ2) is 4.28. The van der Waals surface area contributed by atoms with Crippen molar-refractivity contribution in [1.29, 1.82) is 0 Å². The first kappa shape index (κ1) is 10.8. The topological polar surface area (TPSA) is 94.9 Å². The maximum atomic E-state index is 11.0. The summed E-state index contributed by atoms with van der Waals surface area (Å²) in [5.41, 5.74) is 11.0. The number of nitrogen functional groups attached to an aromatic ring is 2. The van der Waals surface area contributed by atoms with Crippen LogP contribution in [0.25, 0.3) is 0 Å². The highest BCUT2D eigenvalue weighted by atomic mass is 32.2. The molecule has 0 spiro atoms. The van der Waals surface area contributed by atoms with E-state index in [0.717, 1.165) is 0 Å². The number of aromatic nitrogens is 2. The van der Waals surface area contributed by atoms with Crippen LogP contribution in [-0.4, -0.2) is 21.0 Å². The number of rotatable bonds is 3. The molecule has 1 heterocycles. The van der Waals surface area contributed by atoms with Crippen molar-refractivity contribution < 1.29 is 4.79 Å². The summed E-state index contributed by atoms with van der Waals surface area (Å²) >= 11 is 1.25. The van der Waals surface area contributed by atoms with Gasteiger partial charge in [0.15, 0.2) is 5.16 Å². The number of hydrogen-bond acceptors (Lipinski definition) is 6. The number of Topliss-reactive ketones (excluding diaryl/α,β-unsaturated/α-hetero) is 1. The third-order valence-corrected chi connectivity index (χ3v) is 2.68. The minimum absolute atomic E-state index is 0.0691. The zero-order valence-electron chi connectivity index (χ0n) is 8.02. The largest absolute Gasteiger partial charge is 0.383 e. The first-order valence-electron chi connectivity index (χ1n) is 4.06. The summed E-state index contributed by atoms with van der Waals surface area (Å²) in [5, 5.41) is 0.251. The van der Waals surface area contributed by atoms with E-state index in [2.05, 4.69) is 9.97 Å². The van der Waals surface area contributed by atoms with Gasteiger partial charge < -0.3 is 11.5 Å². The molecule has 0 radical (unpaired) electrons. The van der Waals surface area contributed by atoms with Crippen LogP contribution >= 0.6 is 11.8 Å². The number of ketones is 1.